The van der Waals surface area contributed by atoms with E-state index >= 15 is 0 Å². The monoisotopic (exact) mass is 315 g/mol. The van der Waals surface area contributed by atoms with E-state index in [0.29, 0.717) is 5.69 Å². The maximum atomic E-state index is 13.6. The maximum absolute atomic E-state index is 13.6. The van der Waals surface area contributed by atoms with Gasteiger partial charge in [0.2, 0.25) is 0 Å². The fourth-order valence-corrected chi connectivity index (χ4v) is 1.86. The van der Waals surface area contributed by atoms with Crippen molar-refractivity contribution < 1.29 is 22.9 Å². The third-order valence-corrected chi connectivity index (χ3v) is 2.99. The van der Waals surface area contributed by atoms with Crippen molar-refractivity contribution in [1.29, 1.82) is 0 Å². The summed E-state index contributed by atoms with van der Waals surface area (Å²) in [5.74, 6) is -0.879. The second-order valence-electron chi connectivity index (χ2n) is 4.58. The van der Waals surface area contributed by atoms with Gasteiger partial charge in [-0.15, -0.1) is 0 Å². The molecule has 0 spiro atoms. The van der Waals surface area contributed by atoms with Gasteiger partial charge in [-0.05, 0) is 18.2 Å². The van der Waals surface area contributed by atoms with Gasteiger partial charge < -0.3 is 13.7 Å². The number of nitrogens with zero attached hydrogens (tertiary/aromatic N) is 1. The molecule has 3 rings (SSSR count). The number of rotatable bonds is 4. The Bertz CT molecular complexity index is 879. The molecule has 0 radical (unpaired) electrons. The molecule has 0 aliphatic rings. The van der Waals surface area contributed by atoms with Gasteiger partial charge >= 0.3 is 11.6 Å². The van der Waals surface area contributed by atoms with Crippen LogP contribution in [0.2, 0.25) is 0 Å². The van der Waals surface area contributed by atoms with E-state index in [1.807, 2.05) is 0 Å². The minimum atomic E-state index is -0.677. The summed E-state index contributed by atoms with van der Waals surface area (Å²) in [5, 5.41) is 3.72. The fourth-order valence-electron chi connectivity index (χ4n) is 1.86. The van der Waals surface area contributed by atoms with Gasteiger partial charge in [0.1, 0.15) is 24.4 Å². The summed E-state index contributed by atoms with van der Waals surface area (Å²) in [4.78, 5) is 22.6. The summed E-state index contributed by atoms with van der Waals surface area (Å²) in [5.41, 5.74) is 0.131. The average Bonchev–Trinajstić information content (AvgIpc) is 3.02. The van der Waals surface area contributed by atoms with Crippen LogP contribution in [0.5, 0.6) is 0 Å². The van der Waals surface area contributed by atoms with E-state index in [0.717, 1.165) is 12.3 Å². The molecule has 0 amide bonds. The van der Waals surface area contributed by atoms with Gasteiger partial charge in [-0.3, -0.25) is 0 Å². The van der Waals surface area contributed by atoms with Gasteiger partial charge in [-0.25, -0.2) is 14.0 Å². The molecule has 2 heterocycles. The van der Waals surface area contributed by atoms with Crippen molar-refractivity contribution >= 4 is 5.97 Å². The van der Waals surface area contributed by atoms with Crippen LogP contribution in [0.3, 0.4) is 0 Å². The molecular weight excluding hydrogens is 305 g/mol. The standard InChI is InChI=1S/C16H10FNO5/c17-13-4-2-1-3-12(13)14-7-11(18-23-14)9-22-16(20)10-5-6-15(19)21-8-10/h1-8H,9H2. The Hall–Kier alpha value is -3.22. The number of carbonyl (C=O) groups excluding carboxylic acids is 1. The van der Waals surface area contributed by atoms with E-state index < -0.39 is 17.4 Å². The number of carbonyl (C=O) groups is 1. The number of ether oxygens (including phenoxy) is 1. The lowest BCUT2D eigenvalue weighted by Gasteiger charge is -2.00. The highest BCUT2D eigenvalue weighted by Crippen LogP contribution is 2.23. The topological polar surface area (TPSA) is 82.5 Å². The summed E-state index contributed by atoms with van der Waals surface area (Å²) >= 11 is 0. The van der Waals surface area contributed by atoms with Crippen molar-refractivity contribution in [2.45, 2.75) is 6.61 Å². The molecule has 6 nitrogen and oxygen atoms in total. The number of hydrogen-bond donors (Lipinski definition) is 0. The second-order valence-corrected chi connectivity index (χ2v) is 4.58. The highest BCUT2D eigenvalue weighted by atomic mass is 19.1. The molecule has 0 saturated heterocycles. The van der Waals surface area contributed by atoms with Gasteiger partial charge in [-0.1, -0.05) is 17.3 Å². The molecule has 116 valence electrons. The second kappa shape index (κ2) is 6.27. The number of benzene rings is 1. The number of hydrogen-bond acceptors (Lipinski definition) is 6. The zero-order valence-electron chi connectivity index (χ0n) is 11.7. The summed E-state index contributed by atoms with van der Waals surface area (Å²) in [6.07, 6.45) is 1.01. The normalized spacial score (nSPS) is 10.5. The number of halogens is 1. The Kier molecular flexibility index (Phi) is 4.01. The van der Waals surface area contributed by atoms with Gasteiger partial charge in [0.05, 0.1) is 11.1 Å². The van der Waals surface area contributed by atoms with E-state index in [-0.39, 0.29) is 23.5 Å². The Balaban J connectivity index is 1.68. The SMILES string of the molecule is O=C(OCc1cc(-c2ccccc2F)on1)c1ccc(=O)oc1. The van der Waals surface area contributed by atoms with Crippen molar-refractivity contribution in [3.05, 3.63) is 76.2 Å². The van der Waals surface area contributed by atoms with Crippen LogP contribution in [0, 0.1) is 5.82 Å². The van der Waals surface area contributed by atoms with Crippen LogP contribution in [0.25, 0.3) is 11.3 Å². The fraction of sp³-hybridized carbons (Fsp3) is 0.0625. The lowest BCUT2D eigenvalue weighted by Crippen LogP contribution is -2.07. The van der Waals surface area contributed by atoms with Crippen molar-refractivity contribution in [3.8, 4) is 11.3 Å². The Labute approximate surface area is 129 Å². The molecule has 0 aliphatic heterocycles. The van der Waals surface area contributed by atoms with E-state index in [1.54, 1.807) is 18.2 Å². The van der Waals surface area contributed by atoms with Gasteiger partial charge in [0.15, 0.2) is 5.76 Å². The Morgan fingerprint density at radius 2 is 2.04 bits per heavy atom. The van der Waals surface area contributed by atoms with Crippen LogP contribution in [0.1, 0.15) is 16.1 Å². The molecular formula is C16H10FNO5. The smallest absolute Gasteiger partial charge is 0.341 e. The highest BCUT2D eigenvalue weighted by molar-refractivity contribution is 5.88. The molecule has 0 bridgehead atoms. The molecule has 1 aromatic carbocycles. The predicted octanol–water partition coefficient (Wildman–Crippen LogP) is 2.79. The first-order valence-electron chi connectivity index (χ1n) is 6.60. The van der Waals surface area contributed by atoms with Crippen molar-refractivity contribution in [2.24, 2.45) is 0 Å². The Morgan fingerprint density at radius 1 is 1.22 bits per heavy atom. The van der Waals surface area contributed by atoms with Crippen LogP contribution < -0.4 is 5.63 Å². The first-order valence-corrected chi connectivity index (χ1v) is 6.60. The van der Waals surface area contributed by atoms with Crippen LogP contribution in [-0.2, 0) is 11.3 Å². The molecule has 7 heteroatoms. The van der Waals surface area contributed by atoms with Gasteiger partial charge in [0, 0.05) is 12.1 Å². The predicted molar refractivity (Wildman–Crippen MR) is 76.0 cm³/mol. The van der Waals surface area contributed by atoms with Crippen molar-refractivity contribution in [2.75, 3.05) is 0 Å². The minimum Gasteiger partial charge on any atom is -0.455 e. The largest absolute Gasteiger partial charge is 0.455 e. The number of aromatic nitrogens is 1. The summed E-state index contributed by atoms with van der Waals surface area (Å²) in [6, 6.07) is 9.99. The highest BCUT2D eigenvalue weighted by Gasteiger charge is 2.13. The van der Waals surface area contributed by atoms with Gasteiger partial charge in [-0.2, -0.15) is 0 Å². The first kappa shape index (κ1) is 14.7. The lowest BCUT2D eigenvalue weighted by atomic mass is 10.1. The minimum absolute atomic E-state index is 0.0995. The quantitative estimate of drug-likeness (QED) is 0.688. The third-order valence-electron chi connectivity index (χ3n) is 2.99. The molecule has 0 atom stereocenters. The molecule has 23 heavy (non-hydrogen) atoms. The molecule has 2 aromatic heterocycles. The molecule has 0 fully saturated rings. The zero-order chi connectivity index (χ0) is 16.2. The Morgan fingerprint density at radius 3 is 2.78 bits per heavy atom. The van der Waals surface area contributed by atoms with E-state index in [1.165, 1.54) is 18.2 Å². The van der Waals surface area contributed by atoms with Crippen molar-refractivity contribution in [1.82, 2.24) is 5.16 Å². The van der Waals surface area contributed by atoms with Gasteiger partial charge in [0.25, 0.3) is 0 Å². The van der Waals surface area contributed by atoms with E-state index in [2.05, 4.69) is 9.57 Å². The molecule has 0 unspecified atom stereocenters. The van der Waals surface area contributed by atoms with Crippen LogP contribution in [0.15, 0.2) is 62.5 Å². The maximum Gasteiger partial charge on any atom is 0.341 e. The van der Waals surface area contributed by atoms with Crippen LogP contribution in [-0.4, -0.2) is 11.1 Å². The zero-order valence-corrected chi connectivity index (χ0v) is 11.7. The summed E-state index contributed by atoms with van der Waals surface area (Å²) in [6.45, 7) is -0.157. The van der Waals surface area contributed by atoms with Crippen molar-refractivity contribution in [3.63, 3.8) is 0 Å². The first-order chi connectivity index (χ1) is 11.1. The van der Waals surface area contributed by atoms with Crippen LogP contribution in [0.4, 0.5) is 4.39 Å². The molecule has 0 N–H and O–H groups in total. The molecule has 0 aliphatic carbocycles. The molecule has 0 saturated carbocycles. The number of esters is 1. The average molecular weight is 315 g/mol. The lowest BCUT2D eigenvalue weighted by molar-refractivity contribution is 0.0461. The van der Waals surface area contributed by atoms with Crippen LogP contribution >= 0.6 is 0 Å². The summed E-state index contributed by atoms with van der Waals surface area (Å²) < 4.78 is 28.3. The van der Waals surface area contributed by atoms with E-state index in [9.17, 15) is 14.0 Å². The van der Waals surface area contributed by atoms with E-state index in [4.69, 9.17) is 9.26 Å². The third kappa shape index (κ3) is 3.34. The summed E-state index contributed by atoms with van der Waals surface area (Å²) in [7, 11) is 0. The molecule has 3 aromatic rings.